The molecule has 1 amide bonds. The monoisotopic (exact) mass is 261 g/mol. The first-order valence-electron chi connectivity index (χ1n) is 6.76. The molecule has 1 aromatic carbocycles. The molecule has 0 bridgehead atoms. The van der Waals surface area contributed by atoms with Crippen LogP contribution >= 0.6 is 0 Å². The fourth-order valence-corrected chi connectivity index (χ4v) is 1.53. The van der Waals surface area contributed by atoms with Gasteiger partial charge in [-0.15, -0.1) is 0 Å². The van der Waals surface area contributed by atoms with Crippen molar-refractivity contribution in [3.63, 3.8) is 0 Å². The van der Waals surface area contributed by atoms with Crippen LogP contribution in [0.15, 0.2) is 30.3 Å². The lowest BCUT2D eigenvalue weighted by Gasteiger charge is -2.10. The van der Waals surface area contributed by atoms with E-state index >= 15 is 0 Å². The van der Waals surface area contributed by atoms with E-state index < -0.39 is 0 Å². The summed E-state index contributed by atoms with van der Waals surface area (Å²) in [5.74, 6) is 0.754. The number of rotatable bonds is 6. The third-order valence-corrected chi connectivity index (χ3v) is 2.66. The van der Waals surface area contributed by atoms with E-state index in [1.54, 1.807) is 12.2 Å². The van der Waals surface area contributed by atoms with E-state index in [0.29, 0.717) is 0 Å². The number of hydrogen-bond acceptors (Lipinski definition) is 2. The summed E-state index contributed by atoms with van der Waals surface area (Å²) in [5.41, 5.74) is 0.956. The summed E-state index contributed by atoms with van der Waals surface area (Å²) in [5, 5.41) is 2.89. The van der Waals surface area contributed by atoms with Gasteiger partial charge in [-0.3, -0.25) is 4.79 Å². The number of nitrogens with one attached hydrogen (secondary N) is 1. The van der Waals surface area contributed by atoms with Crippen LogP contribution in [0.1, 0.15) is 39.7 Å². The van der Waals surface area contributed by atoms with Crippen molar-refractivity contribution >= 4 is 12.0 Å². The number of hydrogen-bond donors (Lipinski definition) is 1. The zero-order valence-electron chi connectivity index (χ0n) is 12.1. The van der Waals surface area contributed by atoms with E-state index in [-0.39, 0.29) is 18.1 Å². The number of carbonyl (C=O) groups is 1. The molecule has 1 atom stereocenters. The highest BCUT2D eigenvalue weighted by Crippen LogP contribution is 2.15. The maximum atomic E-state index is 11.6. The number of benzene rings is 1. The summed E-state index contributed by atoms with van der Waals surface area (Å²) >= 11 is 0. The normalized spacial score (nSPS) is 12.7. The van der Waals surface area contributed by atoms with Crippen molar-refractivity contribution in [1.29, 1.82) is 0 Å². The molecule has 0 spiro atoms. The second-order valence-corrected chi connectivity index (χ2v) is 4.89. The summed E-state index contributed by atoms with van der Waals surface area (Å²) in [7, 11) is 0. The van der Waals surface area contributed by atoms with Crippen LogP contribution in [0.2, 0.25) is 0 Å². The summed E-state index contributed by atoms with van der Waals surface area (Å²) in [6, 6.07) is 7.90. The van der Waals surface area contributed by atoms with Gasteiger partial charge in [-0.05, 0) is 51.0 Å². The molecule has 1 unspecified atom stereocenters. The highest BCUT2D eigenvalue weighted by molar-refractivity contribution is 5.91. The van der Waals surface area contributed by atoms with Gasteiger partial charge < -0.3 is 10.1 Å². The second-order valence-electron chi connectivity index (χ2n) is 4.89. The molecule has 0 fully saturated rings. The Morgan fingerprint density at radius 2 is 2.11 bits per heavy atom. The molecule has 19 heavy (non-hydrogen) atoms. The predicted molar refractivity (Wildman–Crippen MR) is 79.1 cm³/mol. The minimum absolute atomic E-state index is 0.0652. The van der Waals surface area contributed by atoms with Crippen molar-refractivity contribution < 1.29 is 9.53 Å². The molecule has 0 aliphatic carbocycles. The van der Waals surface area contributed by atoms with Crippen LogP contribution in [0.25, 0.3) is 6.08 Å². The molecule has 3 nitrogen and oxygen atoms in total. The van der Waals surface area contributed by atoms with Crippen LogP contribution in [0.5, 0.6) is 5.75 Å². The van der Waals surface area contributed by atoms with E-state index in [1.807, 2.05) is 52.0 Å². The van der Waals surface area contributed by atoms with Crippen molar-refractivity contribution in [3.8, 4) is 5.75 Å². The second kappa shape index (κ2) is 7.62. The molecule has 0 aromatic heterocycles. The van der Waals surface area contributed by atoms with Crippen LogP contribution in [-0.4, -0.2) is 18.1 Å². The lowest BCUT2D eigenvalue weighted by molar-refractivity contribution is -0.117. The lowest BCUT2D eigenvalue weighted by Crippen LogP contribution is -2.30. The third kappa shape index (κ3) is 6.09. The van der Waals surface area contributed by atoms with Crippen LogP contribution in [-0.2, 0) is 4.79 Å². The molecule has 0 saturated carbocycles. The molecule has 0 aliphatic heterocycles. The summed E-state index contributed by atoms with van der Waals surface area (Å²) in [6.45, 7) is 8.01. The molecule has 0 radical (unpaired) electrons. The van der Waals surface area contributed by atoms with Gasteiger partial charge in [0.25, 0.3) is 0 Å². The Bertz CT molecular complexity index is 438. The van der Waals surface area contributed by atoms with Gasteiger partial charge in [-0.25, -0.2) is 0 Å². The maximum Gasteiger partial charge on any atom is 0.244 e. The Morgan fingerprint density at radius 3 is 2.74 bits per heavy atom. The standard InChI is InChI=1S/C16H23NO2/c1-5-13(4)17-16(18)10-9-14-7-6-8-15(11-14)19-12(2)3/h6-13H,5H2,1-4H3,(H,17,18)/b10-9+. The van der Waals surface area contributed by atoms with Crippen molar-refractivity contribution in [2.45, 2.75) is 46.3 Å². The van der Waals surface area contributed by atoms with Gasteiger partial charge >= 0.3 is 0 Å². The largest absolute Gasteiger partial charge is 0.491 e. The fraction of sp³-hybridized carbons (Fsp3) is 0.438. The zero-order valence-corrected chi connectivity index (χ0v) is 12.1. The SMILES string of the molecule is CCC(C)NC(=O)/C=C/c1cccc(OC(C)C)c1. The zero-order chi connectivity index (χ0) is 14.3. The predicted octanol–water partition coefficient (Wildman–Crippen LogP) is 3.40. The maximum absolute atomic E-state index is 11.6. The molecule has 104 valence electrons. The van der Waals surface area contributed by atoms with Crippen molar-refractivity contribution in [2.75, 3.05) is 0 Å². The number of amides is 1. The average Bonchev–Trinajstić information content (AvgIpc) is 2.36. The Hall–Kier alpha value is -1.77. The molecular formula is C16H23NO2. The first kappa shape index (κ1) is 15.3. The van der Waals surface area contributed by atoms with E-state index in [4.69, 9.17) is 4.74 Å². The molecule has 1 aromatic rings. The molecule has 0 aliphatic rings. The number of carbonyl (C=O) groups excluding carboxylic acids is 1. The van der Waals surface area contributed by atoms with Crippen LogP contribution < -0.4 is 10.1 Å². The van der Waals surface area contributed by atoms with Gasteiger partial charge in [0.05, 0.1) is 6.10 Å². The van der Waals surface area contributed by atoms with Crippen molar-refractivity contribution in [3.05, 3.63) is 35.9 Å². The van der Waals surface area contributed by atoms with Crippen molar-refractivity contribution in [2.24, 2.45) is 0 Å². The Kier molecular flexibility index (Phi) is 6.13. The smallest absolute Gasteiger partial charge is 0.244 e. The Morgan fingerprint density at radius 1 is 1.37 bits per heavy atom. The molecule has 0 heterocycles. The van der Waals surface area contributed by atoms with E-state index in [1.165, 1.54) is 0 Å². The lowest BCUT2D eigenvalue weighted by atomic mass is 10.2. The summed E-state index contributed by atoms with van der Waals surface area (Å²) in [4.78, 5) is 11.6. The summed E-state index contributed by atoms with van der Waals surface area (Å²) < 4.78 is 5.61. The van der Waals surface area contributed by atoms with Crippen LogP contribution in [0, 0.1) is 0 Å². The minimum Gasteiger partial charge on any atom is -0.491 e. The molecule has 0 saturated heterocycles. The quantitative estimate of drug-likeness (QED) is 0.797. The van der Waals surface area contributed by atoms with Gasteiger partial charge in [-0.2, -0.15) is 0 Å². The van der Waals surface area contributed by atoms with E-state index in [2.05, 4.69) is 5.32 Å². The molecule has 3 heteroatoms. The van der Waals surface area contributed by atoms with Crippen molar-refractivity contribution in [1.82, 2.24) is 5.32 Å². The molecular weight excluding hydrogens is 238 g/mol. The van der Waals surface area contributed by atoms with Gasteiger partial charge in [-0.1, -0.05) is 19.1 Å². The van der Waals surface area contributed by atoms with E-state index in [0.717, 1.165) is 17.7 Å². The minimum atomic E-state index is -0.0652. The first-order chi connectivity index (χ1) is 9.01. The highest BCUT2D eigenvalue weighted by atomic mass is 16.5. The first-order valence-corrected chi connectivity index (χ1v) is 6.76. The van der Waals surface area contributed by atoms with Crippen LogP contribution in [0.3, 0.4) is 0 Å². The fourth-order valence-electron chi connectivity index (χ4n) is 1.53. The molecule has 1 N–H and O–H groups in total. The average molecular weight is 261 g/mol. The van der Waals surface area contributed by atoms with Gasteiger partial charge in [0.15, 0.2) is 0 Å². The Balaban J connectivity index is 2.63. The topological polar surface area (TPSA) is 38.3 Å². The van der Waals surface area contributed by atoms with Gasteiger partial charge in [0.1, 0.15) is 5.75 Å². The number of ether oxygens (including phenoxy) is 1. The summed E-state index contributed by atoms with van der Waals surface area (Å²) in [6.07, 6.45) is 4.43. The Labute approximate surface area is 115 Å². The van der Waals surface area contributed by atoms with Gasteiger partial charge in [0.2, 0.25) is 5.91 Å². The molecule has 1 rings (SSSR count). The third-order valence-electron chi connectivity index (χ3n) is 2.66. The highest BCUT2D eigenvalue weighted by Gasteiger charge is 2.01. The van der Waals surface area contributed by atoms with Crippen LogP contribution in [0.4, 0.5) is 0 Å². The van der Waals surface area contributed by atoms with Gasteiger partial charge in [0, 0.05) is 12.1 Å². The van der Waals surface area contributed by atoms with E-state index in [9.17, 15) is 4.79 Å².